The van der Waals surface area contributed by atoms with Crippen molar-refractivity contribution in [1.29, 1.82) is 0 Å². The maximum atomic E-state index is 5.10. The molecule has 11 heavy (non-hydrogen) atoms. The highest BCUT2D eigenvalue weighted by Crippen LogP contribution is 2.10. The van der Waals surface area contributed by atoms with E-state index >= 15 is 0 Å². The average Bonchev–Trinajstić information content (AvgIpc) is 2.37. The van der Waals surface area contributed by atoms with Gasteiger partial charge in [-0.25, -0.2) is 4.98 Å². The van der Waals surface area contributed by atoms with Crippen LogP contribution in [0, 0.1) is 6.92 Å². The lowest BCUT2D eigenvalue weighted by molar-refractivity contribution is 0.547. The predicted molar refractivity (Wildman–Crippen MR) is 45.1 cm³/mol. The number of hydrogen-bond acceptors (Lipinski definition) is 2. The predicted octanol–water partition coefficient (Wildman–Crippen LogP) is 2.57. The minimum absolute atomic E-state index is 0.808. The highest BCUT2D eigenvalue weighted by molar-refractivity contribution is 5.51. The molecule has 0 N–H and O–H groups in total. The Morgan fingerprint density at radius 2 is 2.45 bits per heavy atom. The molecule has 2 heteroatoms. The van der Waals surface area contributed by atoms with Crippen molar-refractivity contribution in [1.82, 2.24) is 4.98 Å². The van der Waals surface area contributed by atoms with Gasteiger partial charge < -0.3 is 4.42 Å². The maximum Gasteiger partial charge on any atom is 0.181 e. The second-order valence-electron chi connectivity index (χ2n) is 2.39. The van der Waals surface area contributed by atoms with Gasteiger partial charge in [-0.15, -0.1) is 0 Å². The first-order valence-electron chi connectivity index (χ1n) is 3.45. The summed E-state index contributed by atoms with van der Waals surface area (Å²) in [6.45, 7) is 7.52. The van der Waals surface area contributed by atoms with Gasteiger partial charge in [0.2, 0.25) is 0 Å². The molecule has 1 rings (SSSR count). The summed E-state index contributed by atoms with van der Waals surface area (Å²) in [6, 6.07) is 0. The van der Waals surface area contributed by atoms with Crippen molar-refractivity contribution < 1.29 is 4.42 Å². The van der Waals surface area contributed by atoms with Gasteiger partial charge in [0.05, 0.1) is 5.69 Å². The molecular formula is C9H11NO. The van der Waals surface area contributed by atoms with Gasteiger partial charge in [0, 0.05) is 0 Å². The number of aromatic nitrogens is 1. The number of aryl methyl sites for hydroxylation is 1. The number of oxazole rings is 1. The molecule has 1 aromatic heterocycles. The lowest BCUT2D eigenvalue weighted by atomic mass is 10.2. The molecule has 0 bridgehead atoms. The first kappa shape index (κ1) is 7.79. The zero-order valence-corrected chi connectivity index (χ0v) is 6.79. The summed E-state index contributed by atoms with van der Waals surface area (Å²) < 4.78 is 5.10. The van der Waals surface area contributed by atoms with Gasteiger partial charge in [-0.05, 0) is 25.5 Å². The summed E-state index contributed by atoms with van der Waals surface area (Å²) in [4.78, 5) is 3.96. The number of rotatable bonds is 2. The summed E-state index contributed by atoms with van der Waals surface area (Å²) in [5, 5.41) is 0. The second-order valence-corrected chi connectivity index (χ2v) is 2.39. The highest BCUT2D eigenvalue weighted by Gasteiger charge is 1.97. The Morgan fingerprint density at radius 1 is 1.73 bits per heavy atom. The largest absolute Gasteiger partial charge is 0.444 e. The fourth-order valence-corrected chi connectivity index (χ4v) is 0.715. The summed E-state index contributed by atoms with van der Waals surface area (Å²) in [6.07, 6.45) is 5.13. The van der Waals surface area contributed by atoms with Crippen molar-refractivity contribution >= 4 is 6.08 Å². The smallest absolute Gasteiger partial charge is 0.181 e. The van der Waals surface area contributed by atoms with Gasteiger partial charge in [0.1, 0.15) is 5.76 Å². The molecule has 0 saturated heterocycles. The standard InChI is InChI=1S/C9H11NO/c1-4-7(2)5-9-8(3)10-6-11-9/h4-6H,1H2,2-3H3/b7-5-. The van der Waals surface area contributed by atoms with Gasteiger partial charge in [-0.3, -0.25) is 0 Å². The molecule has 0 spiro atoms. The Kier molecular flexibility index (Phi) is 2.26. The molecule has 0 saturated carbocycles. The molecule has 0 atom stereocenters. The molecule has 1 heterocycles. The van der Waals surface area contributed by atoms with E-state index in [1.807, 2.05) is 19.9 Å². The van der Waals surface area contributed by atoms with E-state index in [1.165, 1.54) is 6.39 Å². The molecule has 1 aromatic rings. The van der Waals surface area contributed by atoms with E-state index in [1.54, 1.807) is 6.08 Å². The lowest BCUT2D eigenvalue weighted by Crippen LogP contribution is -1.74. The second kappa shape index (κ2) is 3.19. The van der Waals surface area contributed by atoms with Crippen LogP contribution in [0.15, 0.2) is 29.0 Å². The topological polar surface area (TPSA) is 26.0 Å². The van der Waals surface area contributed by atoms with Crippen molar-refractivity contribution in [2.75, 3.05) is 0 Å². The molecule has 0 aliphatic heterocycles. The Hall–Kier alpha value is -1.31. The van der Waals surface area contributed by atoms with E-state index in [-0.39, 0.29) is 0 Å². The molecule has 0 aromatic carbocycles. The number of hydrogen-bond donors (Lipinski definition) is 0. The van der Waals surface area contributed by atoms with Crippen molar-refractivity contribution in [2.24, 2.45) is 0 Å². The van der Waals surface area contributed by atoms with Crippen LogP contribution >= 0.6 is 0 Å². The Labute approximate surface area is 66.3 Å². The highest BCUT2D eigenvalue weighted by atomic mass is 16.3. The Bertz CT molecular complexity index is 284. The van der Waals surface area contributed by atoms with Crippen LogP contribution in [0.2, 0.25) is 0 Å². The van der Waals surface area contributed by atoms with Crippen LogP contribution in [0.4, 0.5) is 0 Å². The van der Waals surface area contributed by atoms with E-state index in [4.69, 9.17) is 4.42 Å². The maximum absolute atomic E-state index is 5.10. The van der Waals surface area contributed by atoms with Crippen molar-refractivity contribution in [3.05, 3.63) is 36.1 Å². The molecule has 0 amide bonds. The molecular weight excluding hydrogens is 138 g/mol. The summed E-state index contributed by atoms with van der Waals surface area (Å²) in [5.41, 5.74) is 1.98. The zero-order valence-electron chi connectivity index (χ0n) is 6.79. The third-order valence-electron chi connectivity index (χ3n) is 1.46. The molecule has 58 valence electrons. The van der Waals surface area contributed by atoms with E-state index < -0.39 is 0 Å². The van der Waals surface area contributed by atoms with Crippen LogP contribution in [0.5, 0.6) is 0 Å². The van der Waals surface area contributed by atoms with Gasteiger partial charge in [0.15, 0.2) is 6.39 Å². The third-order valence-corrected chi connectivity index (χ3v) is 1.46. The molecule has 0 fully saturated rings. The molecule has 0 aliphatic carbocycles. The van der Waals surface area contributed by atoms with Crippen molar-refractivity contribution in [2.45, 2.75) is 13.8 Å². The van der Waals surface area contributed by atoms with Gasteiger partial charge in [0.25, 0.3) is 0 Å². The van der Waals surface area contributed by atoms with Crippen LogP contribution in [0.3, 0.4) is 0 Å². The Balaban J connectivity index is 2.94. The van der Waals surface area contributed by atoms with Gasteiger partial charge in [-0.2, -0.15) is 0 Å². The fraction of sp³-hybridized carbons (Fsp3) is 0.222. The van der Waals surface area contributed by atoms with Crippen molar-refractivity contribution in [3.63, 3.8) is 0 Å². The van der Waals surface area contributed by atoms with Crippen LogP contribution in [-0.2, 0) is 0 Å². The van der Waals surface area contributed by atoms with Crippen LogP contribution < -0.4 is 0 Å². The Morgan fingerprint density at radius 3 is 2.91 bits per heavy atom. The van der Waals surface area contributed by atoms with E-state index in [9.17, 15) is 0 Å². The summed E-state index contributed by atoms with van der Waals surface area (Å²) >= 11 is 0. The monoisotopic (exact) mass is 149 g/mol. The number of nitrogens with zero attached hydrogens (tertiary/aromatic N) is 1. The van der Waals surface area contributed by atoms with Crippen LogP contribution in [0.25, 0.3) is 6.08 Å². The zero-order chi connectivity index (χ0) is 8.27. The summed E-state index contributed by atoms with van der Waals surface area (Å²) in [7, 11) is 0. The van der Waals surface area contributed by atoms with Crippen molar-refractivity contribution in [3.8, 4) is 0 Å². The summed E-state index contributed by atoms with van der Waals surface area (Å²) in [5.74, 6) is 0.808. The van der Waals surface area contributed by atoms with Gasteiger partial charge >= 0.3 is 0 Å². The average molecular weight is 149 g/mol. The quantitative estimate of drug-likeness (QED) is 0.604. The number of allylic oxidation sites excluding steroid dienone is 2. The molecule has 0 aliphatic rings. The third kappa shape index (κ3) is 1.80. The van der Waals surface area contributed by atoms with E-state index in [0.717, 1.165) is 17.0 Å². The minimum atomic E-state index is 0.808. The SMILES string of the molecule is C=C/C(C)=C\c1ocnc1C. The first-order valence-corrected chi connectivity index (χ1v) is 3.45. The van der Waals surface area contributed by atoms with Crippen LogP contribution in [0.1, 0.15) is 18.4 Å². The van der Waals surface area contributed by atoms with Gasteiger partial charge in [-0.1, -0.05) is 12.7 Å². The minimum Gasteiger partial charge on any atom is -0.444 e. The lowest BCUT2D eigenvalue weighted by Gasteiger charge is -1.89. The van der Waals surface area contributed by atoms with E-state index in [2.05, 4.69) is 11.6 Å². The van der Waals surface area contributed by atoms with Crippen LogP contribution in [-0.4, -0.2) is 4.98 Å². The normalized spacial score (nSPS) is 11.6. The molecule has 0 unspecified atom stereocenters. The molecule has 0 radical (unpaired) electrons. The van der Waals surface area contributed by atoms with E-state index in [0.29, 0.717) is 0 Å². The molecule has 2 nitrogen and oxygen atoms in total. The first-order chi connectivity index (χ1) is 5.24. The fourth-order valence-electron chi connectivity index (χ4n) is 0.715.